The molecule has 7 rings (SSSR count). The van der Waals surface area contributed by atoms with Crippen LogP contribution in [-0.4, -0.2) is 105 Å². The van der Waals surface area contributed by atoms with Crippen LogP contribution < -0.4 is 0 Å². The second-order valence-corrected chi connectivity index (χ2v) is 47.2. The molecule has 800 valence electrons. The van der Waals surface area contributed by atoms with E-state index in [-0.39, 0.29) is 0 Å². The zero-order valence-electron chi connectivity index (χ0n) is 96.1. The van der Waals surface area contributed by atoms with Gasteiger partial charge in [0.15, 0.2) is 0 Å². The third-order valence-electron chi connectivity index (χ3n) is 26.1. The lowest BCUT2D eigenvalue weighted by atomic mass is 10.0. The maximum atomic E-state index is 4.24. The van der Waals surface area contributed by atoms with Crippen LogP contribution in [0.1, 0.15) is 536 Å². The Bertz CT molecular complexity index is 3490. The lowest BCUT2D eigenvalue weighted by Crippen LogP contribution is -2.07. The molecule has 0 aliphatic heterocycles. The van der Waals surface area contributed by atoms with Gasteiger partial charge in [-0.3, -0.25) is 9.36 Å². The highest BCUT2D eigenvalue weighted by molar-refractivity contribution is 4.99. The van der Waals surface area contributed by atoms with Gasteiger partial charge in [0.2, 0.25) is 0 Å². The van der Waals surface area contributed by atoms with Crippen LogP contribution in [0.15, 0.2) is 43.4 Å². The average molecular weight is 1930 g/mol. The van der Waals surface area contributed by atoms with E-state index < -0.39 is 0 Å². The molecule has 7 aromatic heterocycles. The van der Waals surface area contributed by atoms with Crippen LogP contribution in [0.5, 0.6) is 0 Å². The van der Waals surface area contributed by atoms with E-state index >= 15 is 0 Å². The van der Waals surface area contributed by atoms with Gasteiger partial charge in [0.05, 0.1) is 70.8 Å². The molecule has 0 fully saturated rings. The van der Waals surface area contributed by atoms with Gasteiger partial charge in [0, 0.05) is 58.2 Å². The monoisotopic (exact) mass is 1930 g/mol. The third-order valence-corrected chi connectivity index (χ3v) is 26.1. The summed E-state index contributed by atoms with van der Waals surface area (Å²) in [4.78, 5) is 0. The van der Waals surface area contributed by atoms with Gasteiger partial charge >= 0.3 is 0 Å². The molecule has 0 radical (unpaired) electrons. The molecule has 0 unspecified atom stereocenters. The predicted molar refractivity (Wildman–Crippen MR) is 591 cm³/mol. The predicted octanol–water partition coefficient (Wildman–Crippen LogP) is 33.3. The summed E-state index contributed by atoms with van der Waals surface area (Å²) in [5, 5.41) is 58.3. The van der Waals surface area contributed by atoms with Crippen molar-refractivity contribution in [1.29, 1.82) is 0 Å². The number of aryl methyl sites for hydroxylation is 14. The molecule has 0 aromatic carbocycles. The second kappa shape index (κ2) is 86.5. The van der Waals surface area contributed by atoms with Crippen LogP contribution in [0, 0.1) is 82.9 Å². The van der Waals surface area contributed by atoms with E-state index in [4.69, 9.17) is 0 Å². The normalized spacial score (nSPS) is 11.7. The maximum absolute atomic E-state index is 4.24. The van der Waals surface area contributed by atoms with E-state index in [1.54, 1.807) is 0 Å². The van der Waals surface area contributed by atoms with Gasteiger partial charge < -0.3 is 0 Å². The van der Waals surface area contributed by atoms with Gasteiger partial charge in [-0.15, -0.1) is 35.7 Å². The molecule has 0 bridgehead atoms. The Kier molecular flexibility index (Phi) is 81.4. The highest BCUT2D eigenvalue weighted by atomic mass is 15.5. The molecule has 0 aliphatic rings. The highest BCUT2D eigenvalue weighted by Crippen LogP contribution is 2.22. The van der Waals surface area contributed by atoms with Crippen LogP contribution in [0.2, 0.25) is 0 Å². The zero-order chi connectivity index (χ0) is 102. The number of unbranched alkanes of at least 4 members (excludes halogenated alkanes) is 23. The number of hydrogen-bond donors (Lipinski definition) is 0. The SMILES string of the molecule is CC(C)CCCCCCCc1cnnn1CCC(C)C.CC(C)CCCCCCCc1cnnn1CCC(C)C.CC(C)CCCCCCc1cnnn1CCCC(C)C.CC(C)CCCCCCc1cnnn1CCCC(C)C.CC(C)CCCCCCn1cc(CCC(C)C)nn1.CC(C)CCCCCCn1cc(CCC(C)C)nn1.CC(C)CCCCCc1cnnn1CCCCC(C)C. The van der Waals surface area contributed by atoms with Crippen molar-refractivity contribution in [3.8, 4) is 0 Å². The molecular formula is C117H227N21. The number of rotatable bonds is 75. The Morgan fingerprint density at radius 3 is 0.565 bits per heavy atom. The van der Waals surface area contributed by atoms with Gasteiger partial charge in [-0.25, -0.2) is 23.4 Å². The molecule has 21 nitrogen and oxygen atoms in total. The van der Waals surface area contributed by atoms with Crippen molar-refractivity contribution in [2.24, 2.45) is 82.9 Å². The standard InChI is InChI=1S/5C17H33N3.2C16H31N3/c1-15(2)10-6-5-7-12-17-14-18-19-20(17)13-9-8-11-16(3)4;2*1-15(2)10-7-5-6-8-12-17-14-18-19-20(17)13-9-11-16(3)4;2*1-15(2)10-8-6-5-7-9-11-17-14-18-19-20(17)13-12-16(3)4;2*1-14(2)9-7-5-6-8-12-19-13-16(17-18-19)11-10-15(3)4/h5*14-16H,5-13H2,1-4H3;2*13-15H,5-12H2,1-4H3. The number of aromatic nitrogens is 21. The molecule has 21 heteroatoms. The third kappa shape index (κ3) is 79.4. The first-order chi connectivity index (χ1) is 66.1. The van der Waals surface area contributed by atoms with Crippen molar-refractivity contribution < 1.29 is 0 Å². The Labute approximate surface area is 852 Å². The topological polar surface area (TPSA) is 215 Å². The first-order valence-electron chi connectivity index (χ1n) is 58.3. The Morgan fingerprint density at radius 1 is 0.159 bits per heavy atom. The number of nitrogens with zero attached hydrogens (tertiary/aromatic N) is 21. The van der Waals surface area contributed by atoms with Crippen molar-refractivity contribution in [3.63, 3.8) is 0 Å². The fourth-order valence-corrected chi connectivity index (χ4v) is 16.8. The maximum Gasteiger partial charge on any atom is 0.0827 e. The summed E-state index contributed by atoms with van der Waals surface area (Å²) >= 11 is 0. The van der Waals surface area contributed by atoms with E-state index in [2.05, 4.69) is 302 Å². The molecule has 0 N–H and O–H groups in total. The molecule has 7 aromatic rings. The van der Waals surface area contributed by atoms with Crippen molar-refractivity contribution in [1.82, 2.24) is 105 Å². The van der Waals surface area contributed by atoms with Gasteiger partial charge in [0.25, 0.3) is 0 Å². The van der Waals surface area contributed by atoms with Crippen LogP contribution in [0.25, 0.3) is 0 Å². The summed E-state index contributed by atoms with van der Waals surface area (Å²) in [6.45, 7) is 71.2. The lowest BCUT2D eigenvalue weighted by molar-refractivity contribution is 0.462. The summed E-state index contributed by atoms with van der Waals surface area (Å²) in [6, 6.07) is 0. The van der Waals surface area contributed by atoms with E-state index in [0.717, 1.165) is 185 Å². The van der Waals surface area contributed by atoms with E-state index in [9.17, 15) is 0 Å². The van der Waals surface area contributed by atoms with Crippen molar-refractivity contribution in [2.45, 2.75) is 586 Å². The average Bonchev–Trinajstić information content (AvgIpc) is 1.75. The molecule has 0 saturated carbocycles. The van der Waals surface area contributed by atoms with Crippen molar-refractivity contribution in [3.05, 3.63) is 83.2 Å². The fourth-order valence-electron chi connectivity index (χ4n) is 16.8. The number of hydrogen-bond acceptors (Lipinski definition) is 14. The summed E-state index contributed by atoms with van der Waals surface area (Å²) in [5.41, 5.74) is 8.87. The Balaban J connectivity index is 0.000000805. The van der Waals surface area contributed by atoms with E-state index in [1.165, 1.54) is 330 Å². The van der Waals surface area contributed by atoms with Gasteiger partial charge in [-0.2, -0.15) is 0 Å². The smallest absolute Gasteiger partial charge is 0.0827 e. The first kappa shape index (κ1) is 130. The molecule has 0 atom stereocenters. The zero-order valence-corrected chi connectivity index (χ0v) is 96.1. The second-order valence-electron chi connectivity index (χ2n) is 47.2. The highest BCUT2D eigenvalue weighted by Gasteiger charge is 2.14. The molecule has 0 saturated heterocycles. The van der Waals surface area contributed by atoms with Gasteiger partial charge in [-0.1, -0.05) is 429 Å². The molecular weight excluding hydrogens is 1700 g/mol. The Morgan fingerprint density at radius 2 is 0.333 bits per heavy atom. The summed E-state index contributed by atoms with van der Waals surface area (Å²) in [6.07, 6.45) is 83.7. The van der Waals surface area contributed by atoms with Crippen LogP contribution in [-0.2, 0) is 90.8 Å². The fraction of sp³-hybridized carbons (Fsp3) is 0.880. The van der Waals surface area contributed by atoms with Crippen LogP contribution >= 0.6 is 0 Å². The molecule has 0 spiro atoms. The Hall–Kier alpha value is -6.02. The molecule has 0 amide bonds. The minimum absolute atomic E-state index is 0.730. The quantitative estimate of drug-likeness (QED) is 0.0324. The van der Waals surface area contributed by atoms with Crippen LogP contribution in [0.4, 0.5) is 0 Å². The largest absolute Gasteiger partial charge is 0.252 e. The first-order valence-corrected chi connectivity index (χ1v) is 58.3. The van der Waals surface area contributed by atoms with E-state index in [0.29, 0.717) is 0 Å². The van der Waals surface area contributed by atoms with Crippen LogP contribution in [0.3, 0.4) is 0 Å². The van der Waals surface area contributed by atoms with Crippen molar-refractivity contribution in [2.75, 3.05) is 0 Å². The molecule has 0 aliphatic carbocycles. The minimum atomic E-state index is 0.730. The summed E-state index contributed by atoms with van der Waals surface area (Å²) in [7, 11) is 0. The molecule has 7 heterocycles. The summed E-state index contributed by atoms with van der Waals surface area (Å²) < 4.78 is 14.5. The van der Waals surface area contributed by atoms with Crippen molar-refractivity contribution >= 4 is 0 Å². The minimum Gasteiger partial charge on any atom is -0.252 e. The molecule has 138 heavy (non-hydrogen) atoms. The van der Waals surface area contributed by atoms with Gasteiger partial charge in [0.1, 0.15) is 0 Å². The van der Waals surface area contributed by atoms with E-state index in [1.807, 2.05) is 40.3 Å². The lowest BCUT2D eigenvalue weighted by Gasteiger charge is -2.08. The summed E-state index contributed by atoms with van der Waals surface area (Å²) in [5.74, 6) is 11.3. The van der Waals surface area contributed by atoms with Gasteiger partial charge in [-0.05, 0) is 231 Å².